The third-order valence-electron chi connectivity index (χ3n) is 4.03. The standard InChI is InChI=1S/C22H26N6O2/c1-4-23-20-14-21(25-15(3)24-20)26-16-6-8-17(9-7-16)27-22(29)28-18-10-12-19(13-11-18)30-5-2/h6-14H,4-5H2,1-3H3,(H2,27,28,29)(H2,23,24,25,26). The number of aromatic nitrogens is 2. The molecule has 3 aromatic rings. The quantitative estimate of drug-likeness (QED) is 0.420. The van der Waals surface area contributed by atoms with Gasteiger partial charge in [0, 0.05) is 29.7 Å². The van der Waals surface area contributed by atoms with E-state index < -0.39 is 0 Å². The van der Waals surface area contributed by atoms with Crippen molar-refractivity contribution in [2.24, 2.45) is 0 Å². The molecule has 8 heteroatoms. The highest BCUT2D eigenvalue weighted by atomic mass is 16.5. The summed E-state index contributed by atoms with van der Waals surface area (Å²) < 4.78 is 5.39. The summed E-state index contributed by atoms with van der Waals surface area (Å²) >= 11 is 0. The van der Waals surface area contributed by atoms with Crippen molar-refractivity contribution in [1.29, 1.82) is 0 Å². The fourth-order valence-electron chi connectivity index (χ4n) is 2.78. The third-order valence-corrected chi connectivity index (χ3v) is 4.03. The summed E-state index contributed by atoms with van der Waals surface area (Å²) in [6.45, 7) is 7.18. The van der Waals surface area contributed by atoms with Crippen LogP contribution < -0.4 is 26.0 Å². The number of rotatable bonds is 8. The predicted octanol–water partition coefficient (Wildman–Crippen LogP) is 5.00. The Morgan fingerprint density at radius 1 is 0.867 bits per heavy atom. The second kappa shape index (κ2) is 10.1. The summed E-state index contributed by atoms with van der Waals surface area (Å²) in [6.07, 6.45) is 0. The summed E-state index contributed by atoms with van der Waals surface area (Å²) in [6, 6.07) is 16.1. The first-order valence-electron chi connectivity index (χ1n) is 9.83. The van der Waals surface area contributed by atoms with Gasteiger partial charge in [-0.15, -0.1) is 0 Å². The van der Waals surface area contributed by atoms with Crippen LogP contribution in [0.1, 0.15) is 19.7 Å². The van der Waals surface area contributed by atoms with Gasteiger partial charge in [-0.1, -0.05) is 0 Å². The average Bonchev–Trinajstić information content (AvgIpc) is 2.71. The van der Waals surface area contributed by atoms with Gasteiger partial charge in [0.05, 0.1) is 6.61 Å². The molecule has 0 aliphatic heterocycles. The second-order valence-electron chi connectivity index (χ2n) is 6.45. The minimum atomic E-state index is -0.318. The van der Waals surface area contributed by atoms with Crippen LogP contribution in [-0.4, -0.2) is 29.2 Å². The topological polar surface area (TPSA) is 100 Å². The van der Waals surface area contributed by atoms with Crippen molar-refractivity contribution >= 4 is 34.7 Å². The van der Waals surface area contributed by atoms with Crippen molar-refractivity contribution in [3.63, 3.8) is 0 Å². The summed E-state index contributed by atoms with van der Waals surface area (Å²) in [4.78, 5) is 20.9. The van der Waals surface area contributed by atoms with Crippen LogP contribution in [0.4, 0.5) is 33.5 Å². The van der Waals surface area contributed by atoms with Gasteiger partial charge in [-0.3, -0.25) is 0 Å². The van der Waals surface area contributed by atoms with Gasteiger partial charge >= 0.3 is 6.03 Å². The number of nitrogens with zero attached hydrogens (tertiary/aromatic N) is 2. The molecule has 0 saturated heterocycles. The zero-order valence-corrected chi connectivity index (χ0v) is 17.3. The summed E-state index contributed by atoms with van der Waals surface area (Å²) in [5.74, 6) is 2.92. The number of carbonyl (C=O) groups is 1. The van der Waals surface area contributed by atoms with E-state index in [-0.39, 0.29) is 6.03 Å². The molecule has 0 unspecified atom stereocenters. The highest BCUT2D eigenvalue weighted by Crippen LogP contribution is 2.20. The largest absolute Gasteiger partial charge is 0.494 e. The molecule has 0 spiro atoms. The molecule has 8 nitrogen and oxygen atoms in total. The van der Waals surface area contributed by atoms with Gasteiger partial charge in [0.1, 0.15) is 23.2 Å². The summed E-state index contributed by atoms with van der Waals surface area (Å²) in [7, 11) is 0. The van der Waals surface area contributed by atoms with E-state index in [4.69, 9.17) is 4.74 Å². The maximum atomic E-state index is 12.2. The maximum absolute atomic E-state index is 12.2. The Balaban J connectivity index is 1.57. The Hall–Kier alpha value is -3.81. The number of ether oxygens (including phenoxy) is 1. The Morgan fingerprint density at radius 3 is 2.03 bits per heavy atom. The molecule has 3 rings (SSSR count). The van der Waals surface area contributed by atoms with Crippen molar-refractivity contribution in [3.05, 3.63) is 60.4 Å². The van der Waals surface area contributed by atoms with Crippen LogP contribution in [-0.2, 0) is 0 Å². The molecule has 0 bridgehead atoms. The van der Waals surface area contributed by atoms with Gasteiger partial charge in [0.2, 0.25) is 0 Å². The lowest BCUT2D eigenvalue weighted by atomic mass is 10.2. The smallest absolute Gasteiger partial charge is 0.323 e. The minimum absolute atomic E-state index is 0.318. The number of hydrogen-bond donors (Lipinski definition) is 4. The Bertz CT molecular complexity index is 974. The van der Waals surface area contributed by atoms with Gasteiger partial charge < -0.3 is 26.0 Å². The highest BCUT2D eigenvalue weighted by molar-refractivity contribution is 5.99. The molecular weight excluding hydrogens is 380 g/mol. The lowest BCUT2D eigenvalue weighted by molar-refractivity contribution is 0.262. The maximum Gasteiger partial charge on any atom is 0.323 e. The number of hydrogen-bond acceptors (Lipinski definition) is 6. The van der Waals surface area contributed by atoms with Gasteiger partial charge in [-0.05, 0) is 69.3 Å². The molecular formula is C22H26N6O2. The Labute approximate surface area is 176 Å². The molecule has 1 aromatic heterocycles. The average molecular weight is 406 g/mol. The lowest BCUT2D eigenvalue weighted by Gasteiger charge is -2.11. The monoisotopic (exact) mass is 406 g/mol. The zero-order valence-electron chi connectivity index (χ0n) is 17.3. The Kier molecular flexibility index (Phi) is 7.05. The van der Waals surface area contributed by atoms with Crippen LogP contribution in [0.2, 0.25) is 0 Å². The van der Waals surface area contributed by atoms with E-state index in [9.17, 15) is 4.79 Å². The first-order chi connectivity index (χ1) is 14.6. The number of nitrogens with one attached hydrogen (secondary N) is 4. The third kappa shape index (κ3) is 6.10. The fourth-order valence-corrected chi connectivity index (χ4v) is 2.78. The van der Waals surface area contributed by atoms with Crippen molar-refractivity contribution < 1.29 is 9.53 Å². The van der Waals surface area contributed by atoms with Crippen LogP contribution in [0.15, 0.2) is 54.6 Å². The summed E-state index contributed by atoms with van der Waals surface area (Å²) in [5.41, 5.74) is 2.22. The molecule has 0 radical (unpaired) electrons. The van der Waals surface area contributed by atoms with Gasteiger partial charge in [-0.25, -0.2) is 14.8 Å². The first-order valence-corrected chi connectivity index (χ1v) is 9.83. The van der Waals surface area contributed by atoms with Crippen molar-refractivity contribution in [1.82, 2.24) is 9.97 Å². The van der Waals surface area contributed by atoms with Crippen LogP contribution in [0.3, 0.4) is 0 Å². The molecule has 2 amide bonds. The molecule has 156 valence electrons. The zero-order chi connectivity index (χ0) is 21.3. The van der Waals surface area contributed by atoms with Crippen molar-refractivity contribution in [3.8, 4) is 5.75 Å². The molecule has 1 heterocycles. The molecule has 0 saturated carbocycles. The van der Waals surface area contributed by atoms with Crippen LogP contribution in [0.25, 0.3) is 0 Å². The van der Waals surface area contributed by atoms with E-state index in [0.717, 1.165) is 23.8 Å². The molecule has 4 N–H and O–H groups in total. The van der Waals surface area contributed by atoms with Crippen LogP contribution in [0, 0.1) is 6.92 Å². The molecule has 0 atom stereocenters. The summed E-state index contributed by atoms with van der Waals surface area (Å²) in [5, 5.41) is 12.0. The van der Waals surface area contributed by atoms with E-state index in [1.807, 2.05) is 63.2 Å². The molecule has 30 heavy (non-hydrogen) atoms. The number of carbonyl (C=O) groups excluding carboxylic acids is 1. The lowest BCUT2D eigenvalue weighted by Crippen LogP contribution is -2.19. The molecule has 0 aliphatic rings. The SMILES string of the molecule is CCNc1cc(Nc2ccc(NC(=O)Nc3ccc(OCC)cc3)cc2)nc(C)n1. The van der Waals surface area contributed by atoms with Crippen LogP contribution in [0.5, 0.6) is 5.75 Å². The molecule has 0 fully saturated rings. The molecule has 0 aliphatic carbocycles. The van der Waals surface area contributed by atoms with E-state index in [1.54, 1.807) is 12.1 Å². The van der Waals surface area contributed by atoms with Crippen LogP contribution >= 0.6 is 0 Å². The van der Waals surface area contributed by atoms with E-state index in [2.05, 4.69) is 31.2 Å². The molecule has 2 aromatic carbocycles. The normalized spacial score (nSPS) is 10.2. The van der Waals surface area contributed by atoms with E-state index in [0.29, 0.717) is 29.6 Å². The fraction of sp³-hybridized carbons (Fsp3) is 0.227. The van der Waals surface area contributed by atoms with Gasteiger partial charge in [0.15, 0.2) is 0 Å². The number of aryl methyl sites for hydroxylation is 1. The minimum Gasteiger partial charge on any atom is -0.494 e. The van der Waals surface area contributed by atoms with Crippen molar-refractivity contribution in [2.45, 2.75) is 20.8 Å². The van der Waals surface area contributed by atoms with Gasteiger partial charge in [-0.2, -0.15) is 0 Å². The number of benzene rings is 2. The highest BCUT2D eigenvalue weighted by Gasteiger charge is 2.05. The number of urea groups is 1. The van der Waals surface area contributed by atoms with Crippen molar-refractivity contribution in [2.75, 3.05) is 34.4 Å². The second-order valence-corrected chi connectivity index (χ2v) is 6.45. The number of anilines is 5. The van der Waals surface area contributed by atoms with E-state index in [1.165, 1.54) is 0 Å². The predicted molar refractivity (Wildman–Crippen MR) is 121 cm³/mol. The first kappa shape index (κ1) is 20.9. The number of amides is 2. The van der Waals surface area contributed by atoms with E-state index >= 15 is 0 Å². The van der Waals surface area contributed by atoms with Gasteiger partial charge in [0.25, 0.3) is 0 Å². The Morgan fingerprint density at radius 2 is 1.43 bits per heavy atom.